The van der Waals surface area contributed by atoms with Gasteiger partial charge < -0.3 is 10.4 Å². The van der Waals surface area contributed by atoms with Crippen molar-refractivity contribution in [3.63, 3.8) is 0 Å². The molecule has 5 nitrogen and oxygen atoms in total. The Morgan fingerprint density at radius 1 is 1.50 bits per heavy atom. The van der Waals surface area contributed by atoms with Crippen LogP contribution in [-0.2, 0) is 9.59 Å². The summed E-state index contributed by atoms with van der Waals surface area (Å²) in [6.45, 7) is 2.85. The van der Waals surface area contributed by atoms with Crippen LogP contribution >= 0.6 is 0 Å². The number of aliphatic carboxylic acids is 1. The van der Waals surface area contributed by atoms with E-state index in [1.165, 1.54) is 0 Å². The van der Waals surface area contributed by atoms with Gasteiger partial charge in [-0.05, 0) is 25.8 Å². The molecule has 0 aromatic heterocycles. The zero-order chi connectivity index (χ0) is 12.2. The van der Waals surface area contributed by atoms with Crippen LogP contribution in [0.4, 0.5) is 0 Å². The highest BCUT2D eigenvalue weighted by Crippen LogP contribution is 2.33. The molecule has 0 saturated carbocycles. The lowest BCUT2D eigenvalue weighted by Crippen LogP contribution is -2.53. The molecule has 1 aliphatic heterocycles. The zero-order valence-electron chi connectivity index (χ0n) is 9.95. The maximum absolute atomic E-state index is 11.4. The predicted octanol–water partition coefficient (Wildman–Crippen LogP) is 0.452. The van der Waals surface area contributed by atoms with E-state index < -0.39 is 11.5 Å². The van der Waals surface area contributed by atoms with E-state index in [4.69, 9.17) is 0 Å². The average molecular weight is 228 g/mol. The Morgan fingerprint density at radius 3 is 2.69 bits per heavy atom. The molecule has 1 fully saturated rings. The number of nitrogens with zero attached hydrogens (tertiary/aromatic N) is 1. The topological polar surface area (TPSA) is 69.6 Å². The van der Waals surface area contributed by atoms with Crippen molar-refractivity contribution in [2.75, 3.05) is 20.1 Å². The van der Waals surface area contributed by atoms with E-state index in [0.29, 0.717) is 19.4 Å². The minimum Gasteiger partial charge on any atom is -0.480 e. The minimum absolute atomic E-state index is 0.122. The maximum Gasteiger partial charge on any atom is 0.324 e. The molecule has 16 heavy (non-hydrogen) atoms. The zero-order valence-corrected chi connectivity index (χ0v) is 9.95. The summed E-state index contributed by atoms with van der Waals surface area (Å²) in [6.07, 6.45) is 2.92. The van der Waals surface area contributed by atoms with Crippen LogP contribution in [0.3, 0.4) is 0 Å². The molecular formula is C11H20N2O3. The van der Waals surface area contributed by atoms with Gasteiger partial charge in [0.1, 0.15) is 5.54 Å². The van der Waals surface area contributed by atoms with Crippen LogP contribution in [0.5, 0.6) is 0 Å². The highest BCUT2D eigenvalue weighted by molar-refractivity contribution is 5.82. The third-order valence-electron chi connectivity index (χ3n) is 3.30. The van der Waals surface area contributed by atoms with Crippen molar-refractivity contribution in [2.24, 2.45) is 0 Å². The second-order valence-electron chi connectivity index (χ2n) is 4.29. The molecule has 0 radical (unpaired) electrons. The smallest absolute Gasteiger partial charge is 0.324 e. The molecule has 1 amide bonds. The van der Waals surface area contributed by atoms with E-state index in [1.807, 2.05) is 6.92 Å². The number of amides is 1. The quantitative estimate of drug-likeness (QED) is 0.717. The van der Waals surface area contributed by atoms with Crippen LogP contribution in [0.1, 0.15) is 32.6 Å². The molecule has 1 heterocycles. The van der Waals surface area contributed by atoms with Gasteiger partial charge in [0, 0.05) is 7.05 Å². The first-order valence-electron chi connectivity index (χ1n) is 5.76. The number of hydrogen-bond donors (Lipinski definition) is 2. The van der Waals surface area contributed by atoms with Crippen LogP contribution < -0.4 is 5.32 Å². The van der Waals surface area contributed by atoms with E-state index in [2.05, 4.69) is 5.32 Å². The molecule has 1 rings (SSSR count). The summed E-state index contributed by atoms with van der Waals surface area (Å²) < 4.78 is 0. The largest absolute Gasteiger partial charge is 0.480 e. The summed E-state index contributed by atoms with van der Waals surface area (Å²) in [5.74, 6) is -0.917. The molecule has 1 aliphatic rings. The van der Waals surface area contributed by atoms with E-state index in [1.54, 1.807) is 11.9 Å². The Labute approximate surface area is 95.8 Å². The highest BCUT2D eigenvalue weighted by atomic mass is 16.4. The number of carboxylic acids is 1. The molecule has 0 aliphatic carbocycles. The van der Waals surface area contributed by atoms with Crippen molar-refractivity contribution in [3.05, 3.63) is 0 Å². The van der Waals surface area contributed by atoms with Crippen molar-refractivity contribution >= 4 is 11.9 Å². The molecule has 1 atom stereocenters. The molecule has 0 spiro atoms. The van der Waals surface area contributed by atoms with Gasteiger partial charge in [0.15, 0.2) is 0 Å². The number of carboxylic acid groups (broad SMARTS) is 1. The van der Waals surface area contributed by atoms with Crippen molar-refractivity contribution in [1.82, 2.24) is 10.2 Å². The van der Waals surface area contributed by atoms with E-state index in [0.717, 1.165) is 12.8 Å². The Kier molecular flexibility index (Phi) is 4.29. The molecule has 1 unspecified atom stereocenters. The second-order valence-corrected chi connectivity index (χ2v) is 4.29. The number of rotatable bonds is 5. The van der Waals surface area contributed by atoms with Crippen LogP contribution in [0, 0.1) is 0 Å². The van der Waals surface area contributed by atoms with E-state index in [9.17, 15) is 14.7 Å². The number of nitrogens with one attached hydrogen (secondary N) is 1. The monoisotopic (exact) mass is 228 g/mol. The van der Waals surface area contributed by atoms with Gasteiger partial charge >= 0.3 is 5.97 Å². The number of carbonyl (C=O) groups excluding carboxylic acids is 1. The molecular weight excluding hydrogens is 208 g/mol. The van der Waals surface area contributed by atoms with Crippen LogP contribution in [-0.4, -0.2) is 47.6 Å². The standard InChI is InChI=1S/C11H20N2O3/c1-3-5-11(10(15)16)6-4-7-13(11)8-9(14)12-2/h3-8H2,1-2H3,(H,12,14)(H,15,16). The fourth-order valence-corrected chi connectivity index (χ4v) is 2.46. The highest BCUT2D eigenvalue weighted by Gasteiger charge is 2.47. The van der Waals surface area contributed by atoms with Crippen LogP contribution in [0.15, 0.2) is 0 Å². The van der Waals surface area contributed by atoms with E-state index in [-0.39, 0.29) is 12.5 Å². The van der Waals surface area contributed by atoms with Gasteiger partial charge in [-0.3, -0.25) is 14.5 Å². The fourth-order valence-electron chi connectivity index (χ4n) is 2.46. The third kappa shape index (κ3) is 2.35. The summed E-state index contributed by atoms with van der Waals surface area (Å²) in [4.78, 5) is 24.6. The summed E-state index contributed by atoms with van der Waals surface area (Å²) in [5.41, 5.74) is -0.818. The molecule has 92 valence electrons. The van der Waals surface area contributed by atoms with Gasteiger partial charge in [0.2, 0.25) is 5.91 Å². The lowest BCUT2D eigenvalue weighted by atomic mass is 9.90. The lowest BCUT2D eigenvalue weighted by molar-refractivity contribution is -0.151. The third-order valence-corrected chi connectivity index (χ3v) is 3.30. The molecule has 2 N–H and O–H groups in total. The molecule has 5 heteroatoms. The summed E-state index contributed by atoms with van der Waals surface area (Å²) in [5, 5.41) is 11.9. The van der Waals surface area contributed by atoms with Crippen LogP contribution in [0.2, 0.25) is 0 Å². The van der Waals surface area contributed by atoms with Crippen molar-refractivity contribution < 1.29 is 14.7 Å². The van der Waals surface area contributed by atoms with Crippen LogP contribution in [0.25, 0.3) is 0 Å². The normalized spacial score (nSPS) is 25.6. The molecule has 0 aromatic carbocycles. The summed E-state index contributed by atoms with van der Waals surface area (Å²) in [6, 6.07) is 0. The second kappa shape index (κ2) is 5.30. The Balaban J connectivity index is 2.80. The van der Waals surface area contributed by atoms with Crippen molar-refractivity contribution in [3.8, 4) is 0 Å². The molecule has 1 saturated heterocycles. The van der Waals surface area contributed by atoms with Gasteiger partial charge in [0.25, 0.3) is 0 Å². The Hall–Kier alpha value is -1.10. The van der Waals surface area contributed by atoms with Gasteiger partial charge in [0.05, 0.1) is 6.54 Å². The summed E-state index contributed by atoms with van der Waals surface area (Å²) in [7, 11) is 1.57. The van der Waals surface area contributed by atoms with Gasteiger partial charge in [-0.15, -0.1) is 0 Å². The molecule has 0 aromatic rings. The lowest BCUT2D eigenvalue weighted by Gasteiger charge is -2.33. The Bertz CT molecular complexity index is 280. The summed E-state index contributed by atoms with van der Waals surface area (Å²) >= 11 is 0. The van der Waals surface area contributed by atoms with Crippen molar-refractivity contribution in [2.45, 2.75) is 38.1 Å². The van der Waals surface area contributed by atoms with Crippen molar-refractivity contribution in [1.29, 1.82) is 0 Å². The fraction of sp³-hybridized carbons (Fsp3) is 0.818. The van der Waals surface area contributed by atoms with Gasteiger partial charge in [-0.2, -0.15) is 0 Å². The SMILES string of the molecule is CCCC1(C(=O)O)CCCN1CC(=O)NC. The van der Waals surface area contributed by atoms with Gasteiger partial charge in [-0.1, -0.05) is 13.3 Å². The number of likely N-dealkylation sites (N-methyl/N-ethyl adjacent to an activating group) is 1. The first-order valence-corrected chi connectivity index (χ1v) is 5.76. The number of carbonyl (C=O) groups is 2. The Morgan fingerprint density at radius 2 is 2.19 bits per heavy atom. The van der Waals surface area contributed by atoms with Gasteiger partial charge in [-0.25, -0.2) is 0 Å². The number of likely N-dealkylation sites (tertiary alicyclic amines) is 1. The maximum atomic E-state index is 11.4. The average Bonchev–Trinajstić information content (AvgIpc) is 2.63. The first kappa shape index (κ1) is 13.0. The minimum atomic E-state index is -0.818. The molecule has 0 bridgehead atoms. The van der Waals surface area contributed by atoms with E-state index >= 15 is 0 Å². The predicted molar refractivity (Wildman–Crippen MR) is 60.1 cm³/mol. The number of hydrogen-bond acceptors (Lipinski definition) is 3. The first-order chi connectivity index (χ1) is 7.56.